The molecule has 1 saturated heterocycles. The Kier molecular flexibility index (Phi) is 4.54. The van der Waals surface area contributed by atoms with Crippen molar-refractivity contribution in [2.75, 3.05) is 19.9 Å². The summed E-state index contributed by atoms with van der Waals surface area (Å²) in [5.74, 6) is -0.602. The van der Waals surface area contributed by atoms with Crippen molar-refractivity contribution in [1.82, 2.24) is 5.01 Å². The number of hydrogen-bond donors (Lipinski definition) is 0. The van der Waals surface area contributed by atoms with Crippen LogP contribution in [0.3, 0.4) is 0 Å². The Bertz CT molecular complexity index is 444. The van der Waals surface area contributed by atoms with E-state index in [0.717, 1.165) is 25.9 Å². The van der Waals surface area contributed by atoms with Gasteiger partial charge in [0.2, 0.25) is 0 Å². The molecule has 101 valence electrons. The highest BCUT2D eigenvalue weighted by atomic mass is 16.9. The van der Waals surface area contributed by atoms with Gasteiger partial charge < -0.3 is 14.8 Å². The smallest absolute Gasteiger partial charge is 0.339 e. The van der Waals surface area contributed by atoms with E-state index in [0.29, 0.717) is 0 Å². The van der Waals surface area contributed by atoms with Crippen LogP contribution in [0.5, 0.6) is 0 Å². The molecule has 0 amide bonds. The second kappa shape index (κ2) is 6.58. The second-order valence-electron chi connectivity index (χ2n) is 3.94. The maximum absolute atomic E-state index is 11.5. The Hall–Kier alpha value is -2.31. The maximum atomic E-state index is 11.5. The van der Waals surface area contributed by atoms with Gasteiger partial charge in [-0.25, -0.2) is 4.79 Å². The van der Waals surface area contributed by atoms with Gasteiger partial charge in [-0.15, -0.1) is 0 Å². The number of nitrogens with zero attached hydrogens (tertiary/aromatic N) is 3. The van der Waals surface area contributed by atoms with Crippen molar-refractivity contribution in [2.24, 2.45) is 5.22 Å². The molecule has 0 N–H and O–H groups in total. The third-order valence-electron chi connectivity index (χ3n) is 2.56. The average Bonchev–Trinajstić information content (AvgIpc) is 2.92. The first-order valence-electron chi connectivity index (χ1n) is 5.96. The maximum Gasteiger partial charge on any atom is 0.339 e. The monoisotopic (exact) mass is 264 g/mol. The Labute approximate surface area is 110 Å². The van der Waals surface area contributed by atoms with E-state index in [9.17, 15) is 10.0 Å². The lowest BCUT2D eigenvalue weighted by atomic mass is 10.2. The topological polar surface area (TPSA) is 77.2 Å². The third kappa shape index (κ3) is 4.13. The summed E-state index contributed by atoms with van der Waals surface area (Å²) in [6.45, 7) is 0.990. The molecule has 0 bridgehead atoms. The number of hydrogen-bond acceptors (Lipinski definition) is 5. The second-order valence-corrected chi connectivity index (χ2v) is 3.94. The lowest BCUT2D eigenvalue weighted by molar-refractivity contribution is -0.805. The van der Waals surface area contributed by atoms with E-state index >= 15 is 0 Å². The zero-order valence-electron chi connectivity index (χ0n) is 10.3. The van der Waals surface area contributed by atoms with Gasteiger partial charge in [-0.1, -0.05) is 18.2 Å². The molecule has 1 heterocycles. The molecule has 7 nitrogen and oxygen atoms in total. The van der Waals surface area contributed by atoms with Gasteiger partial charge in [0.05, 0.1) is 10.6 Å². The summed E-state index contributed by atoms with van der Waals surface area (Å²) in [6.07, 6.45) is 2.02. The van der Waals surface area contributed by atoms with E-state index in [1.165, 1.54) is 0 Å². The Balaban J connectivity index is 1.72. The number of carbonyl (C=O) groups is 1. The molecule has 0 atom stereocenters. The molecular weight excluding hydrogens is 250 g/mol. The highest BCUT2D eigenvalue weighted by molar-refractivity contribution is 5.88. The zero-order chi connectivity index (χ0) is 13.5. The van der Waals surface area contributed by atoms with Crippen LogP contribution >= 0.6 is 0 Å². The fraction of sp³-hybridized carbons (Fsp3) is 0.417. The van der Waals surface area contributed by atoms with Crippen molar-refractivity contribution in [3.05, 3.63) is 41.1 Å². The lowest BCUT2D eigenvalue weighted by Gasteiger charge is -2.10. The van der Waals surface area contributed by atoms with E-state index in [1.54, 1.807) is 29.3 Å². The van der Waals surface area contributed by atoms with E-state index in [1.807, 2.05) is 0 Å². The van der Waals surface area contributed by atoms with Crippen LogP contribution in [-0.4, -0.2) is 35.9 Å². The van der Waals surface area contributed by atoms with E-state index in [2.05, 4.69) is 16.1 Å². The van der Waals surface area contributed by atoms with Gasteiger partial charge in [0.25, 0.3) is 0 Å². The summed E-state index contributed by atoms with van der Waals surface area (Å²) in [5, 5.41) is 16.5. The first-order valence-corrected chi connectivity index (χ1v) is 5.96. The number of ether oxygens (including phenoxy) is 1. The van der Waals surface area contributed by atoms with Gasteiger partial charge in [-0.3, -0.25) is 0 Å². The molecule has 2 rings (SSSR count). The molecule has 0 spiro atoms. The molecular formula is C12H14N3O4. The summed E-state index contributed by atoms with van der Waals surface area (Å²) in [5.41, 5.74) is 0.278. The fourth-order valence-electron chi connectivity index (χ4n) is 1.64. The van der Waals surface area contributed by atoms with E-state index in [-0.39, 0.29) is 10.6 Å². The first-order chi connectivity index (χ1) is 9.25. The summed E-state index contributed by atoms with van der Waals surface area (Å²) in [6, 6.07) is 9.30. The van der Waals surface area contributed by atoms with Gasteiger partial charge in [0.1, 0.15) is 18.3 Å². The Morgan fingerprint density at radius 3 is 2.95 bits per heavy atom. The molecule has 0 aromatic heterocycles. The number of benzene rings is 1. The van der Waals surface area contributed by atoms with Crippen molar-refractivity contribution in [3.8, 4) is 0 Å². The minimum Gasteiger partial charge on any atom is -0.447 e. The van der Waals surface area contributed by atoms with Gasteiger partial charge in [-0.05, 0) is 25.0 Å². The van der Waals surface area contributed by atoms with Gasteiger partial charge in [-0.2, -0.15) is 5.01 Å². The molecule has 0 unspecified atom stereocenters. The molecule has 1 radical (unpaired) electrons. The van der Waals surface area contributed by atoms with Crippen LogP contribution in [0.1, 0.15) is 23.2 Å². The number of rotatable bonds is 5. The predicted molar refractivity (Wildman–Crippen MR) is 63.5 cm³/mol. The molecule has 7 heteroatoms. The van der Waals surface area contributed by atoms with Gasteiger partial charge >= 0.3 is 5.97 Å². The van der Waals surface area contributed by atoms with E-state index in [4.69, 9.17) is 4.74 Å². The van der Waals surface area contributed by atoms with Crippen molar-refractivity contribution in [2.45, 2.75) is 12.8 Å². The van der Waals surface area contributed by atoms with Crippen LogP contribution in [0.2, 0.25) is 0 Å². The lowest BCUT2D eigenvalue weighted by Crippen LogP contribution is -2.18. The van der Waals surface area contributed by atoms with Crippen LogP contribution in [-0.2, 0) is 9.57 Å². The predicted octanol–water partition coefficient (Wildman–Crippen LogP) is 1.51. The van der Waals surface area contributed by atoms with Crippen molar-refractivity contribution >= 4 is 5.97 Å². The molecule has 0 saturated carbocycles. The quantitative estimate of drug-likeness (QED) is 0.348. The SMILES string of the molecule is O=C(OCO/[N+]([O-])=N/N1CCCC1)c1[c]cccc1. The highest BCUT2D eigenvalue weighted by Gasteiger charge is 2.16. The highest BCUT2D eigenvalue weighted by Crippen LogP contribution is 2.07. The van der Waals surface area contributed by atoms with Gasteiger partial charge in [0, 0.05) is 0 Å². The van der Waals surface area contributed by atoms with Crippen molar-refractivity contribution in [1.29, 1.82) is 0 Å². The average molecular weight is 264 g/mol. The van der Waals surface area contributed by atoms with Gasteiger partial charge in [0.15, 0.2) is 6.79 Å². The Morgan fingerprint density at radius 1 is 1.47 bits per heavy atom. The molecule has 1 aliphatic rings. The van der Waals surface area contributed by atoms with Crippen LogP contribution in [0.15, 0.2) is 29.5 Å². The summed E-state index contributed by atoms with van der Waals surface area (Å²) in [4.78, 5) is 16.1. The molecule has 1 aliphatic heterocycles. The third-order valence-corrected chi connectivity index (χ3v) is 2.56. The molecule has 0 aliphatic carbocycles. The zero-order valence-corrected chi connectivity index (χ0v) is 10.3. The molecule has 1 fully saturated rings. The summed E-state index contributed by atoms with van der Waals surface area (Å²) >= 11 is 0. The number of esters is 1. The molecule has 1 aromatic rings. The largest absolute Gasteiger partial charge is 0.447 e. The van der Waals surface area contributed by atoms with Crippen LogP contribution in [0, 0.1) is 11.3 Å². The van der Waals surface area contributed by atoms with Crippen molar-refractivity contribution in [3.63, 3.8) is 0 Å². The summed E-state index contributed by atoms with van der Waals surface area (Å²) < 4.78 is 4.75. The van der Waals surface area contributed by atoms with Crippen LogP contribution in [0.25, 0.3) is 0 Å². The molecule has 1 aromatic carbocycles. The summed E-state index contributed by atoms with van der Waals surface area (Å²) in [7, 11) is 0. The normalized spacial score (nSPS) is 15.4. The Morgan fingerprint density at radius 2 is 2.26 bits per heavy atom. The standard InChI is InChI=1S/C12H14N3O4/c16-12(11-6-2-1-3-7-11)18-10-19-15(17)13-14-8-4-5-9-14/h1-3,6H,4-5,8-10H2/b15-13+. The number of carbonyl (C=O) groups excluding carboxylic acids is 1. The van der Waals surface area contributed by atoms with Crippen LogP contribution < -0.4 is 0 Å². The minimum atomic E-state index is -0.602. The minimum absolute atomic E-state index is 0.0628. The van der Waals surface area contributed by atoms with Crippen molar-refractivity contribution < 1.29 is 19.4 Å². The van der Waals surface area contributed by atoms with E-state index < -0.39 is 12.8 Å². The fourth-order valence-corrected chi connectivity index (χ4v) is 1.64. The van der Waals surface area contributed by atoms with Crippen LogP contribution in [0.4, 0.5) is 0 Å². The molecule has 19 heavy (non-hydrogen) atoms. The first kappa shape index (κ1) is 13.1.